The third kappa shape index (κ3) is 4.67. The van der Waals surface area contributed by atoms with Gasteiger partial charge in [0.05, 0.1) is 16.8 Å². The molecule has 5 heteroatoms. The van der Waals surface area contributed by atoms with E-state index in [0.717, 1.165) is 24.2 Å². The Hall–Kier alpha value is -1.16. The number of pyridine rings is 1. The van der Waals surface area contributed by atoms with Gasteiger partial charge in [-0.3, -0.25) is 4.98 Å². The molecular formula is C16H17Cl2FN2. The van der Waals surface area contributed by atoms with E-state index in [1.54, 1.807) is 12.3 Å². The molecule has 112 valence electrons. The molecule has 0 aliphatic rings. The van der Waals surface area contributed by atoms with Gasteiger partial charge in [0, 0.05) is 11.2 Å². The third-order valence-corrected chi connectivity index (χ3v) is 3.76. The molecule has 2 rings (SSSR count). The van der Waals surface area contributed by atoms with Crippen LogP contribution in [0.25, 0.3) is 0 Å². The topological polar surface area (TPSA) is 24.9 Å². The van der Waals surface area contributed by atoms with Crippen LogP contribution >= 0.6 is 23.2 Å². The minimum Gasteiger partial charge on any atom is -0.308 e. The van der Waals surface area contributed by atoms with E-state index in [1.807, 2.05) is 12.1 Å². The summed E-state index contributed by atoms with van der Waals surface area (Å²) in [6.45, 7) is 2.97. The van der Waals surface area contributed by atoms with Crippen LogP contribution in [0.1, 0.15) is 30.6 Å². The highest BCUT2D eigenvalue weighted by atomic mass is 35.5. The highest BCUT2D eigenvalue weighted by Crippen LogP contribution is 2.24. The Labute approximate surface area is 134 Å². The van der Waals surface area contributed by atoms with Gasteiger partial charge in [0.15, 0.2) is 0 Å². The van der Waals surface area contributed by atoms with Gasteiger partial charge in [-0.15, -0.1) is 0 Å². The van der Waals surface area contributed by atoms with Gasteiger partial charge >= 0.3 is 0 Å². The Kier molecular flexibility index (Phi) is 5.97. The largest absolute Gasteiger partial charge is 0.308 e. The highest BCUT2D eigenvalue weighted by Gasteiger charge is 2.15. The number of halogens is 3. The molecule has 1 aromatic carbocycles. The molecule has 1 aromatic heterocycles. The van der Waals surface area contributed by atoms with Crippen molar-refractivity contribution in [2.45, 2.75) is 25.8 Å². The summed E-state index contributed by atoms with van der Waals surface area (Å²) in [5.74, 6) is -0.327. The third-order valence-electron chi connectivity index (χ3n) is 3.19. The van der Waals surface area contributed by atoms with E-state index in [0.29, 0.717) is 16.5 Å². The van der Waals surface area contributed by atoms with Gasteiger partial charge in [0.1, 0.15) is 5.82 Å². The predicted octanol–water partition coefficient (Wildman–Crippen LogP) is 4.81. The van der Waals surface area contributed by atoms with Crippen molar-refractivity contribution in [2.24, 2.45) is 0 Å². The molecule has 0 spiro atoms. The standard InChI is InChI=1S/C16H17Cl2FN2/c1-2-7-20-16(15-6-4-12(17)10-21-15)8-11-3-5-13(19)9-14(11)18/h3-6,9-10,16,20H,2,7-8H2,1H3. The maximum absolute atomic E-state index is 13.1. The minimum absolute atomic E-state index is 0.0187. The van der Waals surface area contributed by atoms with Gasteiger partial charge in [-0.1, -0.05) is 36.2 Å². The molecule has 2 nitrogen and oxygen atoms in total. The summed E-state index contributed by atoms with van der Waals surface area (Å²) >= 11 is 12.0. The van der Waals surface area contributed by atoms with Crippen LogP contribution in [0.2, 0.25) is 10.0 Å². The van der Waals surface area contributed by atoms with Crippen molar-refractivity contribution < 1.29 is 4.39 Å². The zero-order valence-corrected chi connectivity index (χ0v) is 13.3. The van der Waals surface area contributed by atoms with Crippen molar-refractivity contribution in [3.63, 3.8) is 0 Å². The number of hydrogen-bond acceptors (Lipinski definition) is 2. The van der Waals surface area contributed by atoms with Gasteiger partial charge in [0.2, 0.25) is 0 Å². The Balaban J connectivity index is 2.21. The Bertz CT molecular complexity index is 587. The molecule has 0 amide bonds. The smallest absolute Gasteiger partial charge is 0.124 e. The quantitative estimate of drug-likeness (QED) is 0.823. The minimum atomic E-state index is -0.327. The average Bonchev–Trinajstić information content (AvgIpc) is 2.46. The first-order valence-corrected chi connectivity index (χ1v) is 7.64. The summed E-state index contributed by atoms with van der Waals surface area (Å²) in [6, 6.07) is 8.21. The van der Waals surface area contributed by atoms with E-state index in [2.05, 4.69) is 17.2 Å². The Morgan fingerprint density at radius 2 is 2.05 bits per heavy atom. The van der Waals surface area contributed by atoms with Crippen LogP contribution < -0.4 is 5.32 Å². The van der Waals surface area contributed by atoms with Gasteiger partial charge < -0.3 is 5.32 Å². The SMILES string of the molecule is CCCNC(Cc1ccc(F)cc1Cl)c1ccc(Cl)cn1. The van der Waals surface area contributed by atoms with Crippen molar-refractivity contribution in [3.05, 3.63) is 63.6 Å². The fourth-order valence-electron chi connectivity index (χ4n) is 2.10. The second-order valence-corrected chi connectivity index (χ2v) is 5.69. The summed E-state index contributed by atoms with van der Waals surface area (Å²) in [5.41, 5.74) is 1.79. The van der Waals surface area contributed by atoms with E-state index in [-0.39, 0.29) is 11.9 Å². The van der Waals surface area contributed by atoms with Crippen LogP contribution in [0.15, 0.2) is 36.5 Å². The first-order valence-electron chi connectivity index (χ1n) is 6.89. The lowest BCUT2D eigenvalue weighted by molar-refractivity contribution is 0.517. The summed E-state index contributed by atoms with van der Waals surface area (Å²) in [7, 11) is 0. The van der Waals surface area contributed by atoms with Crippen molar-refractivity contribution >= 4 is 23.2 Å². The van der Waals surface area contributed by atoms with Crippen LogP contribution in [0, 0.1) is 5.82 Å². The van der Waals surface area contributed by atoms with Gasteiger partial charge in [-0.2, -0.15) is 0 Å². The van der Waals surface area contributed by atoms with Crippen molar-refractivity contribution in [1.82, 2.24) is 10.3 Å². The van der Waals surface area contributed by atoms with Crippen LogP contribution in [-0.4, -0.2) is 11.5 Å². The van der Waals surface area contributed by atoms with Crippen LogP contribution in [0.3, 0.4) is 0 Å². The molecule has 1 heterocycles. The van der Waals surface area contributed by atoms with E-state index in [4.69, 9.17) is 23.2 Å². The molecule has 0 saturated carbocycles. The maximum Gasteiger partial charge on any atom is 0.124 e. The number of rotatable bonds is 6. The molecule has 0 fully saturated rings. The molecule has 0 aliphatic heterocycles. The highest BCUT2D eigenvalue weighted by molar-refractivity contribution is 6.31. The second-order valence-electron chi connectivity index (χ2n) is 4.85. The summed E-state index contributed by atoms with van der Waals surface area (Å²) in [4.78, 5) is 4.36. The average molecular weight is 327 g/mol. The van der Waals surface area contributed by atoms with Gasteiger partial charge in [-0.25, -0.2) is 4.39 Å². The number of aromatic nitrogens is 1. The first kappa shape index (κ1) is 16.2. The first-order chi connectivity index (χ1) is 10.1. The lowest BCUT2D eigenvalue weighted by atomic mass is 10.0. The van der Waals surface area contributed by atoms with Crippen molar-refractivity contribution in [1.29, 1.82) is 0 Å². The molecule has 0 saturated heterocycles. The van der Waals surface area contributed by atoms with Crippen molar-refractivity contribution in [3.8, 4) is 0 Å². The molecular weight excluding hydrogens is 310 g/mol. The monoisotopic (exact) mass is 326 g/mol. The zero-order valence-electron chi connectivity index (χ0n) is 11.7. The Morgan fingerprint density at radius 3 is 2.67 bits per heavy atom. The Morgan fingerprint density at radius 1 is 1.24 bits per heavy atom. The molecule has 21 heavy (non-hydrogen) atoms. The van der Waals surface area contributed by atoms with E-state index >= 15 is 0 Å². The fraction of sp³-hybridized carbons (Fsp3) is 0.312. The zero-order chi connectivity index (χ0) is 15.2. The maximum atomic E-state index is 13.1. The molecule has 1 N–H and O–H groups in total. The number of benzene rings is 1. The van der Waals surface area contributed by atoms with E-state index in [9.17, 15) is 4.39 Å². The lowest BCUT2D eigenvalue weighted by Gasteiger charge is -2.19. The number of nitrogens with zero attached hydrogens (tertiary/aromatic N) is 1. The molecule has 0 bridgehead atoms. The summed E-state index contributed by atoms with van der Waals surface area (Å²) < 4.78 is 13.1. The summed E-state index contributed by atoms with van der Waals surface area (Å²) in [6.07, 6.45) is 3.29. The van der Waals surface area contributed by atoms with E-state index < -0.39 is 0 Å². The molecule has 0 radical (unpaired) electrons. The second kappa shape index (κ2) is 7.74. The lowest BCUT2D eigenvalue weighted by Crippen LogP contribution is -2.25. The van der Waals surface area contributed by atoms with E-state index in [1.165, 1.54) is 12.1 Å². The van der Waals surface area contributed by atoms with Crippen molar-refractivity contribution in [2.75, 3.05) is 6.54 Å². The number of nitrogens with one attached hydrogen (secondary N) is 1. The molecule has 2 aromatic rings. The molecule has 1 unspecified atom stereocenters. The van der Waals surface area contributed by atoms with Gasteiger partial charge in [-0.05, 0) is 49.2 Å². The fourth-order valence-corrected chi connectivity index (χ4v) is 2.46. The van der Waals surface area contributed by atoms with Crippen LogP contribution in [0.5, 0.6) is 0 Å². The number of hydrogen-bond donors (Lipinski definition) is 1. The molecule has 0 aliphatic carbocycles. The van der Waals surface area contributed by atoms with Crippen LogP contribution in [0.4, 0.5) is 4.39 Å². The molecule has 1 atom stereocenters. The van der Waals surface area contributed by atoms with Gasteiger partial charge in [0.25, 0.3) is 0 Å². The van der Waals surface area contributed by atoms with Crippen LogP contribution in [-0.2, 0) is 6.42 Å². The normalized spacial score (nSPS) is 12.4. The summed E-state index contributed by atoms with van der Waals surface area (Å²) in [5, 5.41) is 4.48. The predicted molar refractivity (Wildman–Crippen MR) is 85.4 cm³/mol.